The van der Waals surface area contributed by atoms with Gasteiger partial charge in [-0.1, -0.05) is 0 Å². The molecule has 0 aliphatic carbocycles. The topological polar surface area (TPSA) is 71.3 Å². The van der Waals surface area contributed by atoms with Crippen LogP contribution in [-0.2, 0) is 20.1 Å². The summed E-state index contributed by atoms with van der Waals surface area (Å²) < 4.78 is 15.5. The highest BCUT2D eigenvalue weighted by molar-refractivity contribution is 5.96. The van der Waals surface area contributed by atoms with Crippen LogP contribution in [0.3, 0.4) is 0 Å². The van der Waals surface area contributed by atoms with Gasteiger partial charge in [0, 0.05) is 31.9 Å². The highest BCUT2D eigenvalue weighted by Gasteiger charge is 2.35. The van der Waals surface area contributed by atoms with Gasteiger partial charge in [-0.3, -0.25) is 14.3 Å². The molecule has 4 rings (SSSR count). The normalized spacial score (nSPS) is 16.4. The van der Waals surface area contributed by atoms with Crippen LogP contribution in [0.1, 0.15) is 45.1 Å². The lowest BCUT2D eigenvalue weighted by Crippen LogP contribution is -2.31. The van der Waals surface area contributed by atoms with Crippen LogP contribution < -0.4 is 0 Å². The lowest BCUT2D eigenvalue weighted by Gasteiger charge is -2.17. The first-order valence-electron chi connectivity index (χ1n) is 8.30. The minimum atomic E-state index is -0.644. The first-order valence-corrected chi connectivity index (χ1v) is 8.30. The molecule has 8 heteroatoms. The zero-order valence-corrected chi connectivity index (χ0v) is 13.9. The molecule has 0 saturated carbocycles. The first-order chi connectivity index (χ1) is 12.1. The summed E-state index contributed by atoms with van der Waals surface area (Å²) in [7, 11) is 1.76. The van der Waals surface area contributed by atoms with E-state index in [2.05, 4.69) is 10.1 Å². The minimum absolute atomic E-state index is 0.0901. The SMILES string of the molecule is Cn1nc(C(=O)N2CCCC2)c2c1CN(C(=O)c1ncccc1F)C2. The van der Waals surface area contributed by atoms with Crippen molar-refractivity contribution in [1.29, 1.82) is 0 Å². The molecule has 130 valence electrons. The van der Waals surface area contributed by atoms with Gasteiger partial charge in [-0.25, -0.2) is 9.37 Å². The molecule has 2 aliphatic heterocycles. The number of aromatic nitrogens is 3. The first kappa shape index (κ1) is 15.7. The average molecular weight is 343 g/mol. The standard InChI is InChI=1S/C17H18FN5O2/c1-21-13-10-23(17(25)15-12(18)5-4-6-19-15)9-11(13)14(20-21)16(24)22-7-2-3-8-22/h4-6H,2-3,7-10H2,1H3. The van der Waals surface area contributed by atoms with Gasteiger partial charge in [-0.05, 0) is 25.0 Å². The minimum Gasteiger partial charge on any atom is -0.337 e. The summed E-state index contributed by atoms with van der Waals surface area (Å²) in [5.74, 6) is -1.21. The Bertz CT molecular complexity index is 857. The van der Waals surface area contributed by atoms with Crippen molar-refractivity contribution in [1.82, 2.24) is 24.6 Å². The maximum atomic E-state index is 13.9. The van der Waals surface area contributed by atoms with Crippen molar-refractivity contribution < 1.29 is 14.0 Å². The number of amides is 2. The van der Waals surface area contributed by atoms with Crippen LogP contribution in [0.2, 0.25) is 0 Å². The fraction of sp³-hybridized carbons (Fsp3) is 0.412. The van der Waals surface area contributed by atoms with Crippen LogP contribution in [0.15, 0.2) is 18.3 Å². The summed E-state index contributed by atoms with van der Waals surface area (Å²) in [5.41, 5.74) is 1.77. The van der Waals surface area contributed by atoms with E-state index in [0.717, 1.165) is 37.2 Å². The molecule has 25 heavy (non-hydrogen) atoms. The smallest absolute Gasteiger partial charge is 0.276 e. The second kappa shape index (κ2) is 5.94. The Kier molecular flexibility index (Phi) is 3.74. The number of pyridine rings is 1. The van der Waals surface area contributed by atoms with Gasteiger partial charge in [-0.15, -0.1) is 0 Å². The number of hydrogen-bond donors (Lipinski definition) is 0. The lowest BCUT2D eigenvalue weighted by molar-refractivity contribution is 0.0727. The number of hydrogen-bond acceptors (Lipinski definition) is 4. The Morgan fingerprint density at radius 3 is 2.52 bits per heavy atom. The second-order valence-corrected chi connectivity index (χ2v) is 6.39. The predicted octanol–water partition coefficient (Wildman–Crippen LogP) is 1.35. The molecule has 0 N–H and O–H groups in total. The molecule has 0 atom stereocenters. The van der Waals surface area contributed by atoms with Gasteiger partial charge >= 0.3 is 0 Å². The maximum absolute atomic E-state index is 13.9. The molecule has 0 unspecified atom stereocenters. The Morgan fingerprint density at radius 1 is 1.08 bits per heavy atom. The van der Waals surface area contributed by atoms with E-state index in [1.807, 2.05) is 0 Å². The number of likely N-dealkylation sites (tertiary alicyclic amines) is 1. The molecular formula is C17H18FN5O2. The molecule has 0 bridgehead atoms. The molecule has 1 saturated heterocycles. The van der Waals surface area contributed by atoms with Gasteiger partial charge in [-0.2, -0.15) is 5.10 Å². The van der Waals surface area contributed by atoms with Gasteiger partial charge in [0.15, 0.2) is 17.2 Å². The summed E-state index contributed by atoms with van der Waals surface area (Å²) in [5, 5.41) is 4.36. The van der Waals surface area contributed by atoms with Crippen LogP contribution in [0.4, 0.5) is 4.39 Å². The number of rotatable bonds is 2. The summed E-state index contributed by atoms with van der Waals surface area (Å²) in [6, 6.07) is 2.66. The average Bonchev–Trinajstić information content (AvgIpc) is 3.32. The number of nitrogens with zero attached hydrogens (tertiary/aromatic N) is 5. The zero-order chi connectivity index (χ0) is 17.6. The van der Waals surface area contributed by atoms with E-state index in [1.54, 1.807) is 16.6 Å². The summed E-state index contributed by atoms with van der Waals surface area (Å²) >= 11 is 0. The maximum Gasteiger partial charge on any atom is 0.276 e. The highest BCUT2D eigenvalue weighted by Crippen LogP contribution is 2.28. The van der Waals surface area contributed by atoms with Crippen molar-refractivity contribution in [2.45, 2.75) is 25.9 Å². The van der Waals surface area contributed by atoms with Crippen LogP contribution in [0, 0.1) is 5.82 Å². The molecule has 0 spiro atoms. The van der Waals surface area contributed by atoms with Crippen molar-refractivity contribution in [3.63, 3.8) is 0 Å². The molecule has 4 heterocycles. The van der Waals surface area contributed by atoms with E-state index >= 15 is 0 Å². The van der Waals surface area contributed by atoms with Gasteiger partial charge < -0.3 is 9.80 Å². The monoisotopic (exact) mass is 343 g/mol. The van der Waals surface area contributed by atoms with E-state index < -0.39 is 11.7 Å². The Hall–Kier alpha value is -2.77. The third-order valence-electron chi connectivity index (χ3n) is 4.81. The quantitative estimate of drug-likeness (QED) is 0.825. The van der Waals surface area contributed by atoms with Crippen LogP contribution in [-0.4, -0.2) is 49.5 Å². The fourth-order valence-corrected chi connectivity index (χ4v) is 3.47. The van der Waals surface area contributed by atoms with Crippen molar-refractivity contribution in [3.05, 3.63) is 46.8 Å². The Labute approximate surface area is 144 Å². The van der Waals surface area contributed by atoms with E-state index in [0.29, 0.717) is 12.2 Å². The molecule has 2 aromatic rings. The Balaban J connectivity index is 1.60. The van der Waals surface area contributed by atoms with E-state index in [9.17, 15) is 14.0 Å². The molecule has 2 amide bonds. The van der Waals surface area contributed by atoms with Crippen molar-refractivity contribution >= 4 is 11.8 Å². The van der Waals surface area contributed by atoms with Crippen LogP contribution in [0.5, 0.6) is 0 Å². The largest absolute Gasteiger partial charge is 0.337 e. The number of carbonyl (C=O) groups is 2. The number of aryl methyl sites for hydroxylation is 1. The summed E-state index contributed by atoms with van der Waals surface area (Å²) in [6.07, 6.45) is 3.40. The van der Waals surface area contributed by atoms with Crippen LogP contribution >= 0.6 is 0 Å². The summed E-state index contributed by atoms with van der Waals surface area (Å²) in [6.45, 7) is 2.02. The van der Waals surface area contributed by atoms with Crippen molar-refractivity contribution in [2.24, 2.45) is 7.05 Å². The van der Waals surface area contributed by atoms with Crippen molar-refractivity contribution in [3.8, 4) is 0 Å². The van der Waals surface area contributed by atoms with E-state index in [4.69, 9.17) is 0 Å². The second-order valence-electron chi connectivity index (χ2n) is 6.39. The lowest BCUT2D eigenvalue weighted by atomic mass is 10.2. The van der Waals surface area contributed by atoms with E-state index in [1.165, 1.54) is 23.2 Å². The highest BCUT2D eigenvalue weighted by atomic mass is 19.1. The number of halogens is 1. The molecule has 0 radical (unpaired) electrons. The van der Waals surface area contributed by atoms with Gasteiger partial charge in [0.25, 0.3) is 11.8 Å². The molecule has 0 aromatic carbocycles. The number of carbonyl (C=O) groups excluding carboxylic acids is 2. The third kappa shape index (κ3) is 2.57. The third-order valence-corrected chi connectivity index (χ3v) is 4.81. The molecule has 2 aromatic heterocycles. The Morgan fingerprint density at radius 2 is 1.80 bits per heavy atom. The molecule has 1 fully saturated rings. The molecular weight excluding hydrogens is 325 g/mol. The van der Waals surface area contributed by atoms with Crippen molar-refractivity contribution in [2.75, 3.05) is 13.1 Å². The van der Waals surface area contributed by atoms with Gasteiger partial charge in [0.1, 0.15) is 0 Å². The molecule has 2 aliphatic rings. The predicted molar refractivity (Wildman–Crippen MR) is 86.1 cm³/mol. The zero-order valence-electron chi connectivity index (χ0n) is 13.9. The van der Waals surface area contributed by atoms with Gasteiger partial charge in [0.2, 0.25) is 0 Å². The number of fused-ring (bicyclic) bond motifs is 1. The fourth-order valence-electron chi connectivity index (χ4n) is 3.47. The van der Waals surface area contributed by atoms with E-state index in [-0.39, 0.29) is 18.1 Å². The van der Waals surface area contributed by atoms with Crippen LogP contribution in [0.25, 0.3) is 0 Å². The summed E-state index contributed by atoms with van der Waals surface area (Å²) in [4.78, 5) is 32.4. The van der Waals surface area contributed by atoms with Gasteiger partial charge in [0.05, 0.1) is 18.8 Å². The molecule has 7 nitrogen and oxygen atoms in total.